The Bertz CT molecular complexity index is 1240. The first kappa shape index (κ1) is 21.0. The summed E-state index contributed by atoms with van der Waals surface area (Å²) in [6, 6.07) is 21.8. The number of fused-ring (bicyclic) bond motifs is 1. The van der Waals surface area contributed by atoms with E-state index in [2.05, 4.69) is 27.6 Å². The topological polar surface area (TPSA) is 71.4 Å². The first-order chi connectivity index (χ1) is 16.2. The van der Waals surface area contributed by atoms with Crippen molar-refractivity contribution in [2.45, 2.75) is 6.92 Å². The molecule has 1 amide bonds. The van der Waals surface area contributed by atoms with Crippen LogP contribution in [0.5, 0.6) is 0 Å². The number of benzene rings is 3. The third-order valence-corrected chi connectivity index (χ3v) is 5.82. The van der Waals surface area contributed by atoms with E-state index < -0.39 is 0 Å². The van der Waals surface area contributed by atoms with Gasteiger partial charge in [-0.25, -0.2) is 4.68 Å². The molecular formula is C26H27N5O2. The summed E-state index contributed by atoms with van der Waals surface area (Å²) < 4.78 is 7.31. The molecular weight excluding hydrogens is 414 g/mol. The normalized spacial score (nSPS) is 13.8. The lowest BCUT2D eigenvalue weighted by Crippen LogP contribution is -2.36. The highest BCUT2D eigenvalue weighted by Crippen LogP contribution is 2.24. The van der Waals surface area contributed by atoms with E-state index in [0.29, 0.717) is 5.56 Å². The molecule has 1 fully saturated rings. The number of hydrogen-bond acceptors (Lipinski definition) is 5. The molecule has 3 aromatic carbocycles. The van der Waals surface area contributed by atoms with E-state index >= 15 is 0 Å². The molecule has 1 aliphatic rings. The molecule has 0 aliphatic carbocycles. The Kier molecular flexibility index (Phi) is 5.95. The standard InChI is InChI=1S/C26H27N5O2/c1-2-27-21-5-10-24(11-6-21)31-25-12-7-22(17-20(25)18-28-31)29-26(32)19-3-8-23(9-4-19)30-13-15-33-16-14-30/h3-12,17-18,27H,2,13-16H2,1H3,(H,29,32). The number of nitrogens with one attached hydrogen (secondary N) is 2. The van der Waals surface area contributed by atoms with Crippen molar-refractivity contribution < 1.29 is 9.53 Å². The molecule has 0 saturated carbocycles. The summed E-state index contributed by atoms with van der Waals surface area (Å²) in [7, 11) is 0. The molecule has 7 heteroatoms. The number of rotatable bonds is 6. The van der Waals surface area contributed by atoms with Crippen LogP contribution in [0, 0.1) is 0 Å². The van der Waals surface area contributed by atoms with Crippen molar-refractivity contribution in [2.24, 2.45) is 0 Å². The maximum Gasteiger partial charge on any atom is 0.255 e. The molecule has 0 unspecified atom stereocenters. The minimum atomic E-state index is -0.130. The van der Waals surface area contributed by atoms with Crippen LogP contribution in [0.15, 0.2) is 72.9 Å². The largest absolute Gasteiger partial charge is 0.385 e. The van der Waals surface area contributed by atoms with E-state index in [0.717, 1.165) is 66.5 Å². The number of hydrogen-bond donors (Lipinski definition) is 2. The molecule has 5 rings (SSSR count). The summed E-state index contributed by atoms with van der Waals surface area (Å²) in [5.41, 5.74) is 5.54. The zero-order chi connectivity index (χ0) is 22.6. The number of nitrogens with zero attached hydrogens (tertiary/aromatic N) is 3. The Morgan fingerprint density at radius 2 is 1.64 bits per heavy atom. The van der Waals surface area contributed by atoms with Crippen molar-refractivity contribution in [3.05, 3.63) is 78.5 Å². The Labute approximate surface area is 193 Å². The van der Waals surface area contributed by atoms with Crippen molar-refractivity contribution in [2.75, 3.05) is 48.4 Å². The Morgan fingerprint density at radius 3 is 2.36 bits per heavy atom. The Balaban J connectivity index is 1.30. The Morgan fingerprint density at radius 1 is 0.939 bits per heavy atom. The maximum absolute atomic E-state index is 12.8. The molecule has 0 spiro atoms. The van der Waals surface area contributed by atoms with E-state index in [1.807, 2.05) is 77.6 Å². The minimum Gasteiger partial charge on any atom is -0.385 e. The second kappa shape index (κ2) is 9.34. The molecule has 1 aliphatic heterocycles. The van der Waals surface area contributed by atoms with Gasteiger partial charge in [-0.15, -0.1) is 0 Å². The molecule has 1 aromatic heterocycles. The summed E-state index contributed by atoms with van der Waals surface area (Å²) in [5, 5.41) is 11.8. The molecule has 2 heterocycles. The number of ether oxygens (including phenoxy) is 1. The summed E-state index contributed by atoms with van der Waals surface area (Å²) in [5.74, 6) is -0.130. The smallest absolute Gasteiger partial charge is 0.255 e. The summed E-state index contributed by atoms with van der Waals surface area (Å²) >= 11 is 0. The third kappa shape index (κ3) is 4.54. The highest BCUT2D eigenvalue weighted by Gasteiger charge is 2.13. The molecule has 1 saturated heterocycles. The number of carbonyl (C=O) groups is 1. The van der Waals surface area contributed by atoms with Gasteiger partial charge in [0.15, 0.2) is 0 Å². The first-order valence-corrected chi connectivity index (χ1v) is 11.3. The quantitative estimate of drug-likeness (QED) is 0.459. The lowest BCUT2D eigenvalue weighted by atomic mass is 10.1. The number of aromatic nitrogens is 2. The van der Waals surface area contributed by atoms with Crippen LogP contribution in [0.4, 0.5) is 17.1 Å². The van der Waals surface area contributed by atoms with Crippen LogP contribution in [0.25, 0.3) is 16.6 Å². The summed E-state index contributed by atoms with van der Waals surface area (Å²) in [6.07, 6.45) is 1.82. The fourth-order valence-corrected chi connectivity index (χ4v) is 4.09. The van der Waals surface area contributed by atoms with Crippen molar-refractivity contribution in [3.8, 4) is 5.69 Å². The van der Waals surface area contributed by atoms with Crippen LogP contribution < -0.4 is 15.5 Å². The average molecular weight is 442 g/mol. The van der Waals surface area contributed by atoms with Gasteiger partial charge in [0.2, 0.25) is 0 Å². The zero-order valence-corrected chi connectivity index (χ0v) is 18.6. The van der Waals surface area contributed by atoms with Crippen molar-refractivity contribution in [1.29, 1.82) is 0 Å². The van der Waals surface area contributed by atoms with Gasteiger partial charge in [-0.1, -0.05) is 0 Å². The van der Waals surface area contributed by atoms with Gasteiger partial charge in [0, 0.05) is 47.6 Å². The predicted molar refractivity (Wildman–Crippen MR) is 133 cm³/mol. The van der Waals surface area contributed by atoms with Gasteiger partial charge in [0.25, 0.3) is 5.91 Å². The lowest BCUT2D eigenvalue weighted by molar-refractivity contribution is 0.102. The van der Waals surface area contributed by atoms with Gasteiger partial charge in [-0.05, 0) is 73.7 Å². The molecule has 7 nitrogen and oxygen atoms in total. The van der Waals surface area contributed by atoms with Crippen LogP contribution in [-0.4, -0.2) is 48.5 Å². The van der Waals surface area contributed by atoms with Crippen LogP contribution in [0.2, 0.25) is 0 Å². The molecule has 168 valence electrons. The van der Waals surface area contributed by atoms with E-state index in [1.165, 1.54) is 0 Å². The van der Waals surface area contributed by atoms with E-state index in [9.17, 15) is 4.79 Å². The van der Waals surface area contributed by atoms with E-state index in [1.54, 1.807) is 0 Å². The van der Waals surface area contributed by atoms with E-state index in [-0.39, 0.29) is 5.91 Å². The fraction of sp³-hybridized carbons (Fsp3) is 0.231. The van der Waals surface area contributed by atoms with Crippen LogP contribution in [0.3, 0.4) is 0 Å². The molecule has 0 atom stereocenters. The monoisotopic (exact) mass is 441 g/mol. The number of carbonyl (C=O) groups excluding carboxylic acids is 1. The van der Waals surface area contributed by atoms with Gasteiger partial charge >= 0.3 is 0 Å². The Hall–Kier alpha value is -3.84. The number of morpholine rings is 1. The van der Waals surface area contributed by atoms with Crippen molar-refractivity contribution >= 4 is 33.9 Å². The second-order valence-electron chi connectivity index (χ2n) is 8.01. The average Bonchev–Trinajstić information content (AvgIpc) is 3.29. The number of anilines is 3. The fourth-order valence-electron chi connectivity index (χ4n) is 4.09. The van der Waals surface area contributed by atoms with Gasteiger partial charge in [0.05, 0.1) is 30.6 Å². The highest BCUT2D eigenvalue weighted by atomic mass is 16.5. The third-order valence-electron chi connectivity index (χ3n) is 5.82. The first-order valence-electron chi connectivity index (χ1n) is 11.3. The van der Waals surface area contributed by atoms with Gasteiger partial charge < -0.3 is 20.3 Å². The summed E-state index contributed by atoms with van der Waals surface area (Å²) in [6.45, 7) is 6.19. The lowest BCUT2D eigenvalue weighted by Gasteiger charge is -2.28. The maximum atomic E-state index is 12.8. The zero-order valence-electron chi connectivity index (χ0n) is 18.6. The second-order valence-corrected chi connectivity index (χ2v) is 8.01. The predicted octanol–water partition coefficient (Wildman–Crippen LogP) is 4.55. The number of amides is 1. The van der Waals surface area contributed by atoms with Crippen LogP contribution >= 0.6 is 0 Å². The summed E-state index contributed by atoms with van der Waals surface area (Å²) in [4.78, 5) is 15.0. The van der Waals surface area contributed by atoms with Gasteiger partial charge in [0.1, 0.15) is 0 Å². The molecule has 2 N–H and O–H groups in total. The van der Waals surface area contributed by atoms with Crippen LogP contribution in [-0.2, 0) is 4.74 Å². The van der Waals surface area contributed by atoms with Crippen molar-refractivity contribution in [1.82, 2.24) is 9.78 Å². The minimum absolute atomic E-state index is 0.130. The molecule has 4 aromatic rings. The van der Waals surface area contributed by atoms with E-state index in [4.69, 9.17) is 4.74 Å². The van der Waals surface area contributed by atoms with Gasteiger partial charge in [-0.3, -0.25) is 4.79 Å². The highest BCUT2D eigenvalue weighted by molar-refractivity contribution is 6.05. The molecule has 0 radical (unpaired) electrons. The van der Waals surface area contributed by atoms with Gasteiger partial charge in [-0.2, -0.15) is 5.10 Å². The van der Waals surface area contributed by atoms with Crippen molar-refractivity contribution in [3.63, 3.8) is 0 Å². The molecule has 0 bridgehead atoms. The van der Waals surface area contributed by atoms with Crippen LogP contribution in [0.1, 0.15) is 17.3 Å². The SMILES string of the molecule is CCNc1ccc(-n2ncc3cc(NC(=O)c4ccc(N5CCOCC5)cc4)ccc32)cc1. The molecule has 33 heavy (non-hydrogen) atoms.